The zero-order valence-electron chi connectivity index (χ0n) is 8.84. The second kappa shape index (κ2) is 3.89. The Labute approximate surface area is 106 Å². The minimum absolute atomic E-state index is 0.245. The summed E-state index contributed by atoms with van der Waals surface area (Å²) in [5.74, 6) is 1.06. The summed E-state index contributed by atoms with van der Waals surface area (Å²) in [6.07, 6.45) is 3.77. The summed E-state index contributed by atoms with van der Waals surface area (Å²) < 4.78 is 2.98. The number of nitrogens with zero attached hydrogens (tertiary/aromatic N) is 2. The van der Waals surface area contributed by atoms with Crippen molar-refractivity contribution in [2.75, 3.05) is 0 Å². The highest BCUT2D eigenvalue weighted by atomic mass is 79.9. The van der Waals surface area contributed by atoms with E-state index in [0.717, 1.165) is 21.4 Å². The molecule has 0 radical (unpaired) electrons. The molecule has 0 spiro atoms. The van der Waals surface area contributed by atoms with Crippen molar-refractivity contribution in [3.8, 4) is 17.1 Å². The van der Waals surface area contributed by atoms with Crippen LogP contribution in [0.2, 0.25) is 0 Å². The first-order valence-electron chi connectivity index (χ1n) is 5.16. The Morgan fingerprint density at radius 1 is 1.18 bits per heavy atom. The minimum Gasteiger partial charge on any atom is -0.508 e. The van der Waals surface area contributed by atoms with Gasteiger partial charge in [0.1, 0.15) is 11.6 Å². The predicted octanol–water partition coefficient (Wildman–Crippen LogP) is 3.47. The van der Waals surface area contributed by atoms with Crippen LogP contribution in [0.3, 0.4) is 0 Å². The molecule has 0 unspecified atom stereocenters. The second-order valence-corrected chi connectivity index (χ2v) is 4.69. The molecular weight excluding hydrogens is 280 g/mol. The van der Waals surface area contributed by atoms with Crippen LogP contribution in [0, 0.1) is 0 Å². The minimum atomic E-state index is 0.245. The third-order valence-electron chi connectivity index (χ3n) is 2.60. The lowest BCUT2D eigenvalue weighted by atomic mass is 10.2. The summed E-state index contributed by atoms with van der Waals surface area (Å²) in [5, 5.41) is 9.49. The Morgan fingerprint density at radius 3 is 2.88 bits per heavy atom. The van der Waals surface area contributed by atoms with Crippen LogP contribution in [0.5, 0.6) is 5.75 Å². The zero-order chi connectivity index (χ0) is 11.8. The second-order valence-electron chi connectivity index (χ2n) is 3.77. The largest absolute Gasteiger partial charge is 0.508 e. The van der Waals surface area contributed by atoms with Crippen molar-refractivity contribution in [3.05, 3.63) is 53.3 Å². The van der Waals surface area contributed by atoms with Crippen LogP contribution < -0.4 is 0 Å². The van der Waals surface area contributed by atoms with Crippen molar-refractivity contribution in [3.63, 3.8) is 0 Å². The van der Waals surface area contributed by atoms with E-state index >= 15 is 0 Å². The highest BCUT2D eigenvalue weighted by Crippen LogP contribution is 2.24. The van der Waals surface area contributed by atoms with Gasteiger partial charge in [-0.15, -0.1) is 0 Å². The molecule has 0 bridgehead atoms. The normalized spacial score (nSPS) is 10.9. The summed E-state index contributed by atoms with van der Waals surface area (Å²) in [7, 11) is 0. The number of pyridine rings is 1. The summed E-state index contributed by atoms with van der Waals surface area (Å²) in [4.78, 5) is 4.38. The van der Waals surface area contributed by atoms with E-state index < -0.39 is 0 Å². The maximum absolute atomic E-state index is 9.49. The molecule has 0 saturated heterocycles. The van der Waals surface area contributed by atoms with E-state index in [2.05, 4.69) is 20.9 Å². The van der Waals surface area contributed by atoms with Gasteiger partial charge in [0.2, 0.25) is 0 Å². The van der Waals surface area contributed by atoms with Gasteiger partial charge in [-0.05, 0) is 40.2 Å². The van der Waals surface area contributed by atoms with Gasteiger partial charge in [-0.2, -0.15) is 0 Å². The molecule has 0 aliphatic heterocycles. The molecule has 0 atom stereocenters. The highest BCUT2D eigenvalue weighted by molar-refractivity contribution is 9.10. The van der Waals surface area contributed by atoms with Crippen molar-refractivity contribution in [1.82, 2.24) is 9.38 Å². The van der Waals surface area contributed by atoms with Crippen molar-refractivity contribution in [2.24, 2.45) is 0 Å². The van der Waals surface area contributed by atoms with Gasteiger partial charge >= 0.3 is 0 Å². The number of halogens is 1. The van der Waals surface area contributed by atoms with Crippen molar-refractivity contribution in [2.45, 2.75) is 0 Å². The molecule has 0 saturated carbocycles. The molecule has 3 nitrogen and oxygen atoms in total. The van der Waals surface area contributed by atoms with Crippen LogP contribution >= 0.6 is 15.9 Å². The molecule has 0 amide bonds. The van der Waals surface area contributed by atoms with Crippen molar-refractivity contribution < 1.29 is 5.11 Å². The maximum atomic E-state index is 9.49. The van der Waals surface area contributed by atoms with Gasteiger partial charge in [-0.3, -0.25) is 4.40 Å². The van der Waals surface area contributed by atoms with E-state index in [1.165, 1.54) is 0 Å². The van der Waals surface area contributed by atoms with E-state index in [1.807, 2.05) is 41.1 Å². The number of aromatic nitrogens is 2. The Balaban J connectivity index is 2.27. The Bertz CT molecular complexity index is 691. The lowest BCUT2D eigenvalue weighted by Gasteiger charge is -2.02. The van der Waals surface area contributed by atoms with Crippen LogP contribution in [0.15, 0.2) is 53.3 Å². The fourth-order valence-corrected chi connectivity index (χ4v) is 2.16. The smallest absolute Gasteiger partial charge is 0.144 e. The monoisotopic (exact) mass is 288 g/mol. The average molecular weight is 289 g/mol. The molecule has 0 fully saturated rings. The molecule has 2 aromatic heterocycles. The lowest BCUT2D eigenvalue weighted by molar-refractivity contribution is 0.475. The van der Waals surface area contributed by atoms with Crippen LogP contribution in [0.25, 0.3) is 16.9 Å². The molecule has 2 heterocycles. The van der Waals surface area contributed by atoms with E-state index in [1.54, 1.807) is 12.1 Å². The van der Waals surface area contributed by atoms with E-state index in [4.69, 9.17) is 0 Å². The molecule has 1 N–H and O–H groups in total. The van der Waals surface area contributed by atoms with Gasteiger partial charge in [-0.1, -0.05) is 12.1 Å². The topological polar surface area (TPSA) is 37.5 Å². The van der Waals surface area contributed by atoms with Gasteiger partial charge < -0.3 is 5.11 Å². The van der Waals surface area contributed by atoms with Crippen LogP contribution in [0.1, 0.15) is 0 Å². The molecule has 0 aliphatic rings. The number of rotatable bonds is 1. The summed E-state index contributed by atoms with van der Waals surface area (Å²) in [5.41, 5.74) is 1.91. The van der Waals surface area contributed by atoms with Crippen LogP contribution in [0.4, 0.5) is 0 Å². The lowest BCUT2D eigenvalue weighted by Crippen LogP contribution is -1.88. The number of hydrogen-bond acceptors (Lipinski definition) is 2. The predicted molar refractivity (Wildman–Crippen MR) is 70.0 cm³/mol. The number of benzene rings is 1. The molecule has 0 aliphatic carbocycles. The first-order chi connectivity index (χ1) is 8.24. The molecular formula is C13H9BrN2O. The number of fused-ring (bicyclic) bond motifs is 1. The van der Waals surface area contributed by atoms with E-state index in [0.29, 0.717) is 0 Å². The summed E-state index contributed by atoms with van der Waals surface area (Å²) in [6, 6.07) is 11.1. The Kier molecular flexibility index (Phi) is 2.37. The fourth-order valence-electron chi connectivity index (χ4n) is 1.82. The maximum Gasteiger partial charge on any atom is 0.144 e. The Hall–Kier alpha value is -1.81. The standard InChI is InChI=1S/C13H9BrN2O/c14-10-4-5-11-7-15-13(16(11)8-10)9-2-1-3-12(17)6-9/h1-8,17H. The van der Waals surface area contributed by atoms with Crippen molar-refractivity contribution >= 4 is 21.4 Å². The summed E-state index contributed by atoms with van der Waals surface area (Å²) in [6.45, 7) is 0. The zero-order valence-corrected chi connectivity index (χ0v) is 10.4. The number of phenolic OH excluding ortho intramolecular Hbond substituents is 1. The van der Waals surface area contributed by atoms with E-state index in [9.17, 15) is 5.11 Å². The van der Waals surface area contributed by atoms with Gasteiger partial charge in [0.05, 0.1) is 11.7 Å². The van der Waals surface area contributed by atoms with E-state index in [-0.39, 0.29) is 5.75 Å². The highest BCUT2D eigenvalue weighted by Gasteiger charge is 2.06. The third kappa shape index (κ3) is 1.80. The average Bonchev–Trinajstić information content (AvgIpc) is 2.71. The van der Waals surface area contributed by atoms with Crippen LogP contribution in [-0.4, -0.2) is 14.5 Å². The molecule has 3 rings (SSSR count). The molecule has 4 heteroatoms. The number of hydrogen-bond donors (Lipinski definition) is 1. The molecule has 84 valence electrons. The quantitative estimate of drug-likeness (QED) is 0.744. The fraction of sp³-hybridized carbons (Fsp3) is 0. The van der Waals surface area contributed by atoms with Gasteiger partial charge in [0.15, 0.2) is 0 Å². The first kappa shape index (κ1) is 10.4. The molecule has 17 heavy (non-hydrogen) atoms. The van der Waals surface area contributed by atoms with Crippen molar-refractivity contribution in [1.29, 1.82) is 0 Å². The van der Waals surface area contributed by atoms with Gasteiger partial charge in [0.25, 0.3) is 0 Å². The van der Waals surface area contributed by atoms with Gasteiger partial charge in [0, 0.05) is 16.2 Å². The number of phenols is 1. The number of imidazole rings is 1. The molecule has 3 aromatic rings. The first-order valence-corrected chi connectivity index (χ1v) is 5.95. The van der Waals surface area contributed by atoms with Gasteiger partial charge in [-0.25, -0.2) is 4.98 Å². The Morgan fingerprint density at radius 2 is 2.06 bits per heavy atom. The summed E-state index contributed by atoms with van der Waals surface area (Å²) >= 11 is 3.44. The number of aromatic hydroxyl groups is 1. The third-order valence-corrected chi connectivity index (χ3v) is 3.06. The molecule has 1 aromatic carbocycles. The SMILES string of the molecule is Oc1cccc(-c2ncc3ccc(Br)cn23)c1. The van der Waals surface area contributed by atoms with Crippen LogP contribution in [-0.2, 0) is 0 Å².